The minimum Gasteiger partial charge on any atom is -0.450 e. The van der Waals surface area contributed by atoms with Crippen LogP contribution >= 0.6 is 0 Å². The molecule has 3 heteroatoms. The molecule has 3 nitrogen and oxygen atoms in total. The molecular weight excluding hydrogens is 228 g/mol. The van der Waals surface area contributed by atoms with Crippen molar-refractivity contribution in [2.45, 2.75) is 47.1 Å². The van der Waals surface area contributed by atoms with Gasteiger partial charge in [0.05, 0.1) is 0 Å². The van der Waals surface area contributed by atoms with Gasteiger partial charge < -0.3 is 4.74 Å². The monoisotopic (exact) mass is 250 g/mol. The molecule has 0 aliphatic heterocycles. The molecule has 0 fully saturated rings. The first-order chi connectivity index (χ1) is 8.38. The summed E-state index contributed by atoms with van der Waals surface area (Å²) in [6.07, 6.45) is 3.81. The van der Waals surface area contributed by atoms with Gasteiger partial charge in [-0.3, -0.25) is 4.79 Å². The molecule has 0 saturated carbocycles. The highest BCUT2D eigenvalue weighted by Crippen LogP contribution is 2.30. The topological polar surface area (TPSA) is 43.4 Å². The molecule has 0 unspecified atom stereocenters. The number of esters is 1. The van der Waals surface area contributed by atoms with Gasteiger partial charge in [-0.05, 0) is 38.7 Å². The van der Waals surface area contributed by atoms with Crippen LogP contribution in [-0.2, 0) is 14.3 Å². The van der Waals surface area contributed by atoms with Crippen molar-refractivity contribution in [2.75, 3.05) is 0 Å². The van der Waals surface area contributed by atoms with Crippen LogP contribution in [0.25, 0.3) is 0 Å². The maximum Gasteiger partial charge on any atom is 0.334 e. The van der Waals surface area contributed by atoms with Crippen molar-refractivity contribution >= 4 is 11.8 Å². The Bertz CT molecular complexity index is 402. The second kappa shape index (κ2) is 5.98. The first kappa shape index (κ1) is 14.7. The molecule has 0 aromatic rings. The summed E-state index contributed by atoms with van der Waals surface area (Å²) in [6.45, 7) is 9.36. The number of hydrogen-bond acceptors (Lipinski definition) is 3. The Hall–Kier alpha value is -1.38. The molecule has 0 radical (unpaired) electrons. The molecule has 0 amide bonds. The predicted molar refractivity (Wildman–Crippen MR) is 71.0 cm³/mol. The highest BCUT2D eigenvalue weighted by molar-refractivity contribution is 6.01. The summed E-state index contributed by atoms with van der Waals surface area (Å²) in [5.74, 6) is -0.0646. The van der Waals surface area contributed by atoms with Crippen LogP contribution in [0.4, 0.5) is 0 Å². The third-order valence-electron chi connectivity index (χ3n) is 3.58. The maximum absolute atomic E-state index is 12.1. The van der Waals surface area contributed by atoms with Gasteiger partial charge in [0, 0.05) is 11.5 Å². The lowest BCUT2D eigenvalue weighted by Crippen LogP contribution is -2.40. The average molecular weight is 250 g/mol. The lowest BCUT2D eigenvalue weighted by atomic mass is 9.79. The van der Waals surface area contributed by atoms with Crippen LogP contribution in [0.5, 0.6) is 0 Å². The summed E-state index contributed by atoms with van der Waals surface area (Å²) in [6, 6.07) is 0. The second-order valence-corrected chi connectivity index (χ2v) is 5.19. The fourth-order valence-corrected chi connectivity index (χ4v) is 2.04. The Morgan fingerprint density at radius 1 is 1.50 bits per heavy atom. The normalized spacial score (nSPS) is 25.1. The molecule has 0 N–H and O–H groups in total. The van der Waals surface area contributed by atoms with Crippen LogP contribution in [-0.4, -0.2) is 17.9 Å². The van der Waals surface area contributed by atoms with Gasteiger partial charge in [-0.1, -0.05) is 26.0 Å². The zero-order valence-electron chi connectivity index (χ0n) is 11.8. The van der Waals surface area contributed by atoms with Crippen LogP contribution in [0.2, 0.25) is 0 Å². The standard InChI is InChI=1S/C15H22O3/c1-6-10(4)15(17)18-14-12(9(2)3)8-7-11(5)13(14)16/h6-7,9,12,14H,8H2,1-5H3/b10-6-/t12-,14-/m1/s1. The van der Waals surface area contributed by atoms with Crippen LogP contribution in [0.3, 0.4) is 0 Å². The van der Waals surface area contributed by atoms with Crippen LogP contribution in [0, 0.1) is 11.8 Å². The summed E-state index contributed by atoms with van der Waals surface area (Å²) in [7, 11) is 0. The van der Waals surface area contributed by atoms with E-state index in [4.69, 9.17) is 4.74 Å². The molecule has 18 heavy (non-hydrogen) atoms. The van der Waals surface area contributed by atoms with Crippen molar-refractivity contribution in [1.82, 2.24) is 0 Å². The van der Waals surface area contributed by atoms with Gasteiger partial charge in [0.15, 0.2) is 11.9 Å². The minimum absolute atomic E-state index is 0.0581. The van der Waals surface area contributed by atoms with Crippen molar-refractivity contribution in [3.8, 4) is 0 Å². The van der Waals surface area contributed by atoms with Crippen molar-refractivity contribution in [3.05, 3.63) is 23.3 Å². The Morgan fingerprint density at radius 2 is 2.11 bits per heavy atom. The first-order valence-corrected chi connectivity index (χ1v) is 6.43. The van der Waals surface area contributed by atoms with Gasteiger partial charge in [0.25, 0.3) is 0 Å². The Balaban J connectivity index is 2.91. The largest absolute Gasteiger partial charge is 0.450 e. The number of Topliss-reactive ketones (excluding diaryl/α,β-unsaturated/α-hetero) is 1. The number of hydrogen-bond donors (Lipinski definition) is 0. The van der Waals surface area contributed by atoms with Crippen LogP contribution in [0.15, 0.2) is 23.3 Å². The van der Waals surface area contributed by atoms with Gasteiger partial charge in [-0.2, -0.15) is 0 Å². The van der Waals surface area contributed by atoms with Crippen molar-refractivity contribution in [2.24, 2.45) is 11.8 Å². The maximum atomic E-state index is 12.1. The van der Waals surface area contributed by atoms with E-state index in [2.05, 4.69) is 13.8 Å². The van der Waals surface area contributed by atoms with Gasteiger partial charge in [-0.15, -0.1) is 0 Å². The van der Waals surface area contributed by atoms with Gasteiger partial charge >= 0.3 is 5.97 Å². The number of carbonyl (C=O) groups excluding carboxylic acids is 2. The SMILES string of the molecule is C/C=C(/C)C(=O)O[C@H]1C(=O)C(C)=CC[C@@H]1C(C)C. The first-order valence-electron chi connectivity index (χ1n) is 6.43. The highest BCUT2D eigenvalue weighted by Gasteiger charge is 2.36. The van der Waals surface area contributed by atoms with E-state index in [-0.39, 0.29) is 11.7 Å². The molecule has 1 aliphatic carbocycles. The Labute approximate surface area is 109 Å². The number of carbonyl (C=O) groups is 2. The minimum atomic E-state index is -0.627. The van der Waals surface area contributed by atoms with E-state index < -0.39 is 12.1 Å². The zero-order valence-corrected chi connectivity index (χ0v) is 11.8. The van der Waals surface area contributed by atoms with Crippen molar-refractivity contribution < 1.29 is 14.3 Å². The van der Waals surface area contributed by atoms with E-state index in [9.17, 15) is 9.59 Å². The fraction of sp³-hybridized carbons (Fsp3) is 0.600. The summed E-state index contributed by atoms with van der Waals surface area (Å²) in [5, 5.41) is 0. The van der Waals surface area contributed by atoms with Crippen molar-refractivity contribution in [3.63, 3.8) is 0 Å². The van der Waals surface area contributed by atoms with Crippen LogP contribution < -0.4 is 0 Å². The molecule has 100 valence electrons. The van der Waals surface area contributed by atoms with E-state index in [1.807, 2.05) is 6.08 Å². The third-order valence-corrected chi connectivity index (χ3v) is 3.58. The zero-order chi connectivity index (χ0) is 13.9. The lowest BCUT2D eigenvalue weighted by Gasteiger charge is -2.31. The third kappa shape index (κ3) is 3.09. The molecule has 1 rings (SSSR count). The molecular formula is C15H22O3. The van der Waals surface area contributed by atoms with E-state index in [0.29, 0.717) is 17.1 Å². The molecule has 0 heterocycles. The molecule has 1 aliphatic rings. The van der Waals surface area contributed by atoms with Gasteiger partial charge in [0.1, 0.15) is 0 Å². The van der Waals surface area contributed by atoms with Gasteiger partial charge in [0.2, 0.25) is 0 Å². The average Bonchev–Trinajstić information content (AvgIpc) is 2.33. The molecule has 0 saturated heterocycles. The van der Waals surface area contributed by atoms with E-state index in [1.54, 1.807) is 26.8 Å². The van der Waals surface area contributed by atoms with E-state index >= 15 is 0 Å². The number of rotatable bonds is 3. The number of ether oxygens (including phenoxy) is 1. The quantitative estimate of drug-likeness (QED) is 0.571. The molecule has 0 aromatic carbocycles. The smallest absolute Gasteiger partial charge is 0.334 e. The summed E-state index contributed by atoms with van der Waals surface area (Å²) >= 11 is 0. The molecule has 2 atom stereocenters. The summed E-state index contributed by atoms with van der Waals surface area (Å²) in [5.41, 5.74) is 1.24. The summed E-state index contributed by atoms with van der Waals surface area (Å²) in [4.78, 5) is 23.9. The van der Waals surface area contributed by atoms with E-state index in [1.165, 1.54) is 0 Å². The molecule has 0 spiro atoms. The van der Waals surface area contributed by atoms with Crippen molar-refractivity contribution in [1.29, 1.82) is 0 Å². The van der Waals surface area contributed by atoms with Gasteiger partial charge in [-0.25, -0.2) is 4.79 Å². The Kier molecular flexibility index (Phi) is 4.88. The lowest BCUT2D eigenvalue weighted by molar-refractivity contribution is -0.155. The van der Waals surface area contributed by atoms with E-state index in [0.717, 1.165) is 6.42 Å². The Morgan fingerprint density at radius 3 is 2.61 bits per heavy atom. The number of ketones is 1. The second-order valence-electron chi connectivity index (χ2n) is 5.19. The summed E-state index contributed by atoms with van der Waals surface area (Å²) < 4.78 is 5.40. The number of allylic oxidation sites excluding steroid dienone is 2. The molecule has 0 bridgehead atoms. The molecule has 0 aromatic heterocycles. The highest BCUT2D eigenvalue weighted by atomic mass is 16.5. The van der Waals surface area contributed by atoms with Crippen LogP contribution in [0.1, 0.15) is 41.0 Å². The fourth-order valence-electron chi connectivity index (χ4n) is 2.04. The predicted octanol–water partition coefficient (Wildman–Crippen LogP) is 3.06.